The van der Waals surface area contributed by atoms with Gasteiger partial charge in [0.05, 0.1) is 11.4 Å². The summed E-state index contributed by atoms with van der Waals surface area (Å²) in [6.07, 6.45) is 1.81. The molecular weight excluding hydrogens is 302 g/mol. The number of hydrogen-bond acceptors (Lipinski definition) is 2. The first-order valence-corrected chi connectivity index (χ1v) is 6.88. The molecule has 0 radical (unpaired) electrons. The summed E-state index contributed by atoms with van der Waals surface area (Å²) in [5, 5.41) is 1.20. The SMILES string of the molecule is Cn1c(-c2cc(CN)ccn2)cc2cc(Br)ccc21. The van der Waals surface area contributed by atoms with Crippen molar-refractivity contribution in [1.29, 1.82) is 0 Å². The van der Waals surface area contributed by atoms with Crippen LogP contribution in [0.3, 0.4) is 0 Å². The van der Waals surface area contributed by atoms with Gasteiger partial charge in [-0.1, -0.05) is 15.9 Å². The number of aromatic nitrogens is 2. The van der Waals surface area contributed by atoms with Crippen LogP contribution < -0.4 is 5.73 Å². The zero-order chi connectivity index (χ0) is 13.4. The maximum atomic E-state index is 5.69. The number of nitrogens with two attached hydrogens (primary N) is 1. The average Bonchev–Trinajstić information content (AvgIpc) is 2.75. The van der Waals surface area contributed by atoms with Gasteiger partial charge in [0.2, 0.25) is 0 Å². The Morgan fingerprint density at radius 2 is 2.05 bits per heavy atom. The summed E-state index contributed by atoms with van der Waals surface area (Å²) in [5.41, 5.74) is 10.0. The highest BCUT2D eigenvalue weighted by atomic mass is 79.9. The van der Waals surface area contributed by atoms with Crippen molar-refractivity contribution in [2.75, 3.05) is 0 Å². The molecule has 2 heterocycles. The summed E-state index contributed by atoms with van der Waals surface area (Å²) in [4.78, 5) is 4.45. The maximum Gasteiger partial charge on any atom is 0.0869 e. The van der Waals surface area contributed by atoms with E-state index in [1.165, 1.54) is 10.9 Å². The van der Waals surface area contributed by atoms with Gasteiger partial charge in [-0.2, -0.15) is 0 Å². The summed E-state index contributed by atoms with van der Waals surface area (Å²) in [7, 11) is 2.06. The van der Waals surface area contributed by atoms with Crippen molar-refractivity contribution in [2.24, 2.45) is 12.8 Å². The van der Waals surface area contributed by atoms with Crippen LogP contribution in [0.5, 0.6) is 0 Å². The van der Waals surface area contributed by atoms with E-state index in [0.717, 1.165) is 21.4 Å². The van der Waals surface area contributed by atoms with E-state index in [4.69, 9.17) is 5.73 Å². The molecule has 3 nitrogen and oxygen atoms in total. The van der Waals surface area contributed by atoms with Gasteiger partial charge in [0.15, 0.2) is 0 Å². The Kier molecular flexibility index (Phi) is 3.12. The molecule has 0 unspecified atom stereocenters. The molecule has 0 saturated carbocycles. The number of benzene rings is 1. The van der Waals surface area contributed by atoms with Crippen LogP contribution in [0.1, 0.15) is 5.56 Å². The number of fused-ring (bicyclic) bond motifs is 1. The van der Waals surface area contributed by atoms with Crippen LogP contribution in [0.4, 0.5) is 0 Å². The van der Waals surface area contributed by atoms with Crippen LogP contribution in [0.2, 0.25) is 0 Å². The van der Waals surface area contributed by atoms with Crippen molar-refractivity contribution < 1.29 is 0 Å². The van der Waals surface area contributed by atoms with Crippen LogP contribution in [0.15, 0.2) is 47.1 Å². The summed E-state index contributed by atoms with van der Waals surface area (Å²) in [5.74, 6) is 0. The molecule has 0 saturated heterocycles. The lowest BCUT2D eigenvalue weighted by atomic mass is 10.2. The zero-order valence-electron chi connectivity index (χ0n) is 10.6. The minimum Gasteiger partial charge on any atom is -0.342 e. The van der Waals surface area contributed by atoms with E-state index in [1.807, 2.05) is 18.3 Å². The highest BCUT2D eigenvalue weighted by Gasteiger charge is 2.09. The number of halogens is 1. The first kappa shape index (κ1) is 12.4. The Bertz CT molecular complexity index is 746. The first-order valence-electron chi connectivity index (χ1n) is 6.09. The van der Waals surface area contributed by atoms with Gasteiger partial charge in [-0.05, 0) is 42.0 Å². The number of rotatable bonds is 2. The van der Waals surface area contributed by atoms with Gasteiger partial charge in [0.25, 0.3) is 0 Å². The Balaban J connectivity index is 2.21. The number of pyridine rings is 1. The van der Waals surface area contributed by atoms with Crippen molar-refractivity contribution in [3.63, 3.8) is 0 Å². The van der Waals surface area contributed by atoms with Gasteiger partial charge in [-0.25, -0.2) is 0 Å². The number of aryl methyl sites for hydroxylation is 1. The van der Waals surface area contributed by atoms with Gasteiger partial charge >= 0.3 is 0 Å². The summed E-state index contributed by atoms with van der Waals surface area (Å²) in [6.45, 7) is 0.533. The van der Waals surface area contributed by atoms with Crippen LogP contribution in [-0.2, 0) is 13.6 Å². The smallest absolute Gasteiger partial charge is 0.0869 e. The molecule has 96 valence electrons. The Morgan fingerprint density at radius 3 is 2.84 bits per heavy atom. The Morgan fingerprint density at radius 1 is 1.21 bits per heavy atom. The van der Waals surface area contributed by atoms with Gasteiger partial charge in [0.1, 0.15) is 0 Å². The second-order valence-corrected chi connectivity index (χ2v) is 5.46. The Labute approximate surface area is 120 Å². The molecule has 0 spiro atoms. The van der Waals surface area contributed by atoms with Gasteiger partial charge in [0, 0.05) is 35.2 Å². The zero-order valence-corrected chi connectivity index (χ0v) is 12.2. The number of hydrogen-bond donors (Lipinski definition) is 1. The van der Waals surface area contributed by atoms with Crippen molar-refractivity contribution in [3.05, 3.63) is 52.6 Å². The second-order valence-electron chi connectivity index (χ2n) is 4.55. The van der Waals surface area contributed by atoms with Crippen molar-refractivity contribution in [2.45, 2.75) is 6.54 Å². The van der Waals surface area contributed by atoms with Gasteiger partial charge in [-0.3, -0.25) is 4.98 Å². The Hall–Kier alpha value is -1.65. The van der Waals surface area contributed by atoms with Crippen LogP contribution in [0.25, 0.3) is 22.3 Å². The fourth-order valence-electron chi connectivity index (χ4n) is 2.31. The second kappa shape index (κ2) is 4.79. The average molecular weight is 316 g/mol. The molecule has 3 aromatic rings. The van der Waals surface area contributed by atoms with E-state index in [2.05, 4.69) is 56.8 Å². The molecule has 2 aromatic heterocycles. The van der Waals surface area contributed by atoms with Crippen molar-refractivity contribution in [1.82, 2.24) is 9.55 Å². The first-order chi connectivity index (χ1) is 9.19. The molecule has 0 atom stereocenters. The fraction of sp³-hybridized carbons (Fsp3) is 0.133. The fourth-order valence-corrected chi connectivity index (χ4v) is 2.69. The van der Waals surface area contributed by atoms with E-state index in [0.29, 0.717) is 6.54 Å². The quantitative estimate of drug-likeness (QED) is 0.787. The third-order valence-corrected chi connectivity index (χ3v) is 3.82. The minimum atomic E-state index is 0.533. The topological polar surface area (TPSA) is 43.8 Å². The largest absolute Gasteiger partial charge is 0.342 e. The van der Waals surface area contributed by atoms with E-state index < -0.39 is 0 Å². The molecule has 4 heteroatoms. The summed E-state index contributed by atoms with van der Waals surface area (Å²) in [6, 6.07) is 12.4. The monoisotopic (exact) mass is 315 g/mol. The van der Waals surface area contributed by atoms with E-state index in [-0.39, 0.29) is 0 Å². The van der Waals surface area contributed by atoms with Crippen molar-refractivity contribution in [3.8, 4) is 11.4 Å². The van der Waals surface area contributed by atoms with Crippen LogP contribution in [0, 0.1) is 0 Å². The number of nitrogens with zero attached hydrogens (tertiary/aromatic N) is 2. The maximum absolute atomic E-state index is 5.69. The molecule has 0 aliphatic rings. The summed E-state index contributed by atoms with van der Waals surface area (Å²) >= 11 is 3.50. The lowest BCUT2D eigenvalue weighted by molar-refractivity contribution is 0.966. The predicted octanol–water partition coefficient (Wildman–Crippen LogP) is 3.46. The lowest BCUT2D eigenvalue weighted by Crippen LogP contribution is -1.98. The summed E-state index contributed by atoms with van der Waals surface area (Å²) < 4.78 is 3.24. The molecule has 0 aliphatic carbocycles. The normalized spacial score (nSPS) is 11.1. The van der Waals surface area contributed by atoms with Gasteiger partial charge < -0.3 is 10.3 Å². The van der Waals surface area contributed by atoms with Crippen LogP contribution in [-0.4, -0.2) is 9.55 Å². The molecule has 3 rings (SSSR count). The molecule has 0 bridgehead atoms. The third-order valence-electron chi connectivity index (χ3n) is 3.33. The molecular formula is C15H14BrN3. The molecule has 0 fully saturated rings. The van der Waals surface area contributed by atoms with Gasteiger partial charge in [-0.15, -0.1) is 0 Å². The predicted molar refractivity (Wildman–Crippen MR) is 81.7 cm³/mol. The standard InChI is InChI=1S/C15H14BrN3/c1-19-14-3-2-12(16)7-11(14)8-15(19)13-6-10(9-17)4-5-18-13/h2-8H,9,17H2,1H3. The highest BCUT2D eigenvalue weighted by molar-refractivity contribution is 9.10. The van der Waals surface area contributed by atoms with E-state index in [9.17, 15) is 0 Å². The third kappa shape index (κ3) is 2.17. The molecule has 19 heavy (non-hydrogen) atoms. The molecule has 1 aromatic carbocycles. The molecule has 0 amide bonds. The minimum absolute atomic E-state index is 0.533. The molecule has 2 N–H and O–H groups in total. The van der Waals surface area contributed by atoms with E-state index in [1.54, 1.807) is 0 Å². The molecule has 0 aliphatic heterocycles. The van der Waals surface area contributed by atoms with E-state index >= 15 is 0 Å². The van der Waals surface area contributed by atoms with Crippen molar-refractivity contribution >= 4 is 26.8 Å². The highest BCUT2D eigenvalue weighted by Crippen LogP contribution is 2.28. The van der Waals surface area contributed by atoms with Crippen LogP contribution >= 0.6 is 15.9 Å². The lowest BCUT2D eigenvalue weighted by Gasteiger charge is -2.05.